The number of hydrogen-bond acceptors (Lipinski definition) is 2. The molecule has 4 rings (SSSR count). The van der Waals surface area contributed by atoms with Crippen molar-refractivity contribution in [1.29, 1.82) is 0 Å². The van der Waals surface area contributed by atoms with Crippen molar-refractivity contribution in [1.82, 2.24) is 0 Å². The Morgan fingerprint density at radius 3 is 2.43 bits per heavy atom. The maximum Gasteiger partial charge on any atom is 0.339 e. The SMILES string of the molecule is O=C1O[C@@H](c2cccc3c(F)cccc23)c2ccccc21. The fourth-order valence-electron chi connectivity index (χ4n) is 2.90. The molecule has 0 saturated heterocycles. The molecular formula is C18H11FO2. The van der Waals surface area contributed by atoms with E-state index in [-0.39, 0.29) is 11.8 Å². The van der Waals surface area contributed by atoms with Gasteiger partial charge in [0.15, 0.2) is 6.10 Å². The summed E-state index contributed by atoms with van der Waals surface area (Å²) in [5, 5.41) is 1.31. The summed E-state index contributed by atoms with van der Waals surface area (Å²) in [6, 6.07) is 17.7. The second-order valence-corrected chi connectivity index (χ2v) is 5.05. The van der Waals surface area contributed by atoms with Gasteiger partial charge in [-0.15, -0.1) is 0 Å². The van der Waals surface area contributed by atoms with Gasteiger partial charge in [-0.25, -0.2) is 9.18 Å². The van der Waals surface area contributed by atoms with Gasteiger partial charge in [0.05, 0.1) is 5.56 Å². The standard InChI is InChI=1S/C18H11FO2/c19-16-10-4-7-11-12(16)8-3-9-13(11)17-14-5-1-2-6-15(14)18(20)21-17/h1-10,17H/t17-/m0/s1. The van der Waals surface area contributed by atoms with Crippen LogP contribution in [0.25, 0.3) is 10.8 Å². The van der Waals surface area contributed by atoms with Crippen LogP contribution in [0.3, 0.4) is 0 Å². The second-order valence-electron chi connectivity index (χ2n) is 5.05. The minimum atomic E-state index is -0.473. The van der Waals surface area contributed by atoms with Crippen LogP contribution in [0.4, 0.5) is 4.39 Å². The first-order valence-electron chi connectivity index (χ1n) is 6.73. The summed E-state index contributed by atoms with van der Waals surface area (Å²) >= 11 is 0. The highest BCUT2D eigenvalue weighted by Gasteiger charge is 2.32. The van der Waals surface area contributed by atoms with Crippen molar-refractivity contribution in [2.24, 2.45) is 0 Å². The third-order valence-corrected chi connectivity index (χ3v) is 3.87. The maximum atomic E-state index is 13.9. The first kappa shape index (κ1) is 12.1. The third kappa shape index (κ3) is 1.74. The van der Waals surface area contributed by atoms with E-state index in [9.17, 15) is 9.18 Å². The molecule has 21 heavy (non-hydrogen) atoms. The number of ether oxygens (including phenoxy) is 1. The van der Waals surface area contributed by atoms with E-state index in [1.54, 1.807) is 24.3 Å². The van der Waals surface area contributed by atoms with Crippen molar-refractivity contribution >= 4 is 16.7 Å². The molecule has 1 aliphatic heterocycles. The molecule has 102 valence electrons. The van der Waals surface area contributed by atoms with Crippen LogP contribution in [0, 0.1) is 5.82 Å². The van der Waals surface area contributed by atoms with Gasteiger partial charge in [-0.1, -0.05) is 48.5 Å². The van der Waals surface area contributed by atoms with E-state index in [1.807, 2.05) is 30.3 Å². The summed E-state index contributed by atoms with van der Waals surface area (Å²) in [5.41, 5.74) is 2.22. The fourth-order valence-corrected chi connectivity index (χ4v) is 2.90. The van der Waals surface area contributed by atoms with Crippen LogP contribution in [-0.4, -0.2) is 5.97 Å². The van der Waals surface area contributed by atoms with Crippen molar-refractivity contribution < 1.29 is 13.9 Å². The van der Waals surface area contributed by atoms with Crippen LogP contribution in [-0.2, 0) is 4.74 Å². The van der Waals surface area contributed by atoms with E-state index in [2.05, 4.69) is 0 Å². The van der Waals surface area contributed by atoms with E-state index >= 15 is 0 Å². The lowest BCUT2D eigenvalue weighted by Gasteiger charge is -2.14. The summed E-state index contributed by atoms with van der Waals surface area (Å²) in [7, 11) is 0. The molecule has 1 heterocycles. The van der Waals surface area contributed by atoms with Crippen LogP contribution < -0.4 is 0 Å². The van der Waals surface area contributed by atoms with E-state index in [0.29, 0.717) is 10.9 Å². The molecule has 0 fully saturated rings. The molecule has 0 amide bonds. The Labute approximate surface area is 120 Å². The molecule has 2 nitrogen and oxygen atoms in total. The molecule has 3 aromatic rings. The summed E-state index contributed by atoms with van der Waals surface area (Å²) < 4.78 is 19.4. The van der Waals surface area contributed by atoms with Crippen LogP contribution in [0.15, 0.2) is 60.7 Å². The molecule has 0 unspecified atom stereocenters. The molecule has 3 heteroatoms. The van der Waals surface area contributed by atoms with Crippen molar-refractivity contribution in [2.75, 3.05) is 0 Å². The molecular weight excluding hydrogens is 267 g/mol. The van der Waals surface area contributed by atoms with Crippen LogP contribution in [0.1, 0.15) is 27.6 Å². The smallest absolute Gasteiger partial charge is 0.339 e. The number of carbonyl (C=O) groups excluding carboxylic acids is 1. The average Bonchev–Trinajstić information content (AvgIpc) is 2.85. The lowest BCUT2D eigenvalue weighted by atomic mass is 9.95. The maximum absolute atomic E-state index is 13.9. The molecule has 0 saturated carbocycles. The first-order chi connectivity index (χ1) is 10.3. The molecule has 0 aromatic heterocycles. The van der Waals surface area contributed by atoms with E-state index in [0.717, 1.165) is 16.5 Å². The zero-order chi connectivity index (χ0) is 14.4. The summed E-state index contributed by atoms with van der Waals surface area (Å²) in [6.45, 7) is 0. The number of halogens is 1. The minimum Gasteiger partial charge on any atom is -0.449 e. The van der Waals surface area contributed by atoms with Gasteiger partial charge >= 0.3 is 5.97 Å². The van der Waals surface area contributed by atoms with Crippen molar-refractivity contribution in [3.63, 3.8) is 0 Å². The molecule has 0 bridgehead atoms. The van der Waals surface area contributed by atoms with Crippen LogP contribution >= 0.6 is 0 Å². The van der Waals surface area contributed by atoms with Gasteiger partial charge in [-0.05, 0) is 17.5 Å². The third-order valence-electron chi connectivity index (χ3n) is 3.87. The zero-order valence-electron chi connectivity index (χ0n) is 11.0. The number of carbonyl (C=O) groups is 1. The normalized spacial score (nSPS) is 16.8. The van der Waals surface area contributed by atoms with Crippen LogP contribution in [0.5, 0.6) is 0 Å². The number of benzene rings is 3. The Balaban J connectivity index is 1.97. The Hall–Kier alpha value is -2.68. The van der Waals surface area contributed by atoms with Gasteiger partial charge in [0.2, 0.25) is 0 Å². The Bertz CT molecular complexity index is 870. The van der Waals surface area contributed by atoms with Crippen molar-refractivity contribution in [2.45, 2.75) is 6.10 Å². The fraction of sp³-hybridized carbons (Fsp3) is 0.0556. The average molecular weight is 278 g/mol. The van der Waals surface area contributed by atoms with Gasteiger partial charge in [0.25, 0.3) is 0 Å². The van der Waals surface area contributed by atoms with Gasteiger partial charge in [-0.3, -0.25) is 0 Å². The minimum absolute atomic E-state index is 0.271. The Morgan fingerprint density at radius 2 is 1.52 bits per heavy atom. The molecule has 1 aliphatic rings. The highest BCUT2D eigenvalue weighted by atomic mass is 19.1. The summed E-state index contributed by atoms with van der Waals surface area (Å²) in [6.07, 6.45) is -0.473. The number of hydrogen-bond donors (Lipinski definition) is 0. The number of cyclic esters (lactones) is 1. The monoisotopic (exact) mass is 278 g/mol. The van der Waals surface area contributed by atoms with Gasteiger partial charge in [0.1, 0.15) is 5.82 Å². The van der Waals surface area contributed by atoms with Crippen molar-refractivity contribution in [3.05, 3.63) is 83.2 Å². The van der Waals surface area contributed by atoms with E-state index in [4.69, 9.17) is 4.74 Å². The number of esters is 1. The van der Waals surface area contributed by atoms with E-state index < -0.39 is 6.10 Å². The predicted molar refractivity (Wildman–Crippen MR) is 77.6 cm³/mol. The van der Waals surface area contributed by atoms with Gasteiger partial charge in [0, 0.05) is 16.5 Å². The quantitative estimate of drug-likeness (QED) is 0.622. The predicted octanol–water partition coefficient (Wildman–Crippen LogP) is 4.24. The summed E-state index contributed by atoms with van der Waals surface area (Å²) in [4.78, 5) is 12.0. The lowest BCUT2D eigenvalue weighted by molar-refractivity contribution is 0.0458. The zero-order valence-corrected chi connectivity index (χ0v) is 11.0. The van der Waals surface area contributed by atoms with Gasteiger partial charge < -0.3 is 4.74 Å². The molecule has 3 aromatic carbocycles. The van der Waals surface area contributed by atoms with Crippen molar-refractivity contribution in [3.8, 4) is 0 Å². The highest BCUT2D eigenvalue weighted by Crippen LogP contribution is 2.38. The summed E-state index contributed by atoms with van der Waals surface area (Å²) in [5.74, 6) is -0.601. The Morgan fingerprint density at radius 1 is 0.810 bits per heavy atom. The Kier molecular flexibility index (Phi) is 2.54. The highest BCUT2D eigenvalue weighted by molar-refractivity contribution is 5.96. The molecule has 1 atom stereocenters. The van der Waals surface area contributed by atoms with Gasteiger partial charge in [-0.2, -0.15) is 0 Å². The largest absolute Gasteiger partial charge is 0.449 e. The lowest BCUT2D eigenvalue weighted by Crippen LogP contribution is -2.01. The van der Waals surface area contributed by atoms with Crippen LogP contribution in [0.2, 0.25) is 0 Å². The molecule has 0 N–H and O–H groups in total. The number of rotatable bonds is 1. The topological polar surface area (TPSA) is 26.3 Å². The molecule has 0 radical (unpaired) electrons. The molecule has 0 aliphatic carbocycles. The second kappa shape index (κ2) is 4.42. The molecule has 0 spiro atoms. The number of fused-ring (bicyclic) bond motifs is 2. The first-order valence-corrected chi connectivity index (χ1v) is 6.73. The van der Waals surface area contributed by atoms with E-state index in [1.165, 1.54) is 6.07 Å².